The van der Waals surface area contributed by atoms with Gasteiger partial charge < -0.3 is 74.4 Å². The molecule has 0 radical (unpaired) electrons. The van der Waals surface area contributed by atoms with Gasteiger partial charge in [0.15, 0.2) is 0 Å². The molecular formula is C87H96Cl3N15O15. The first kappa shape index (κ1) is 87.0. The van der Waals surface area contributed by atoms with Crippen LogP contribution in [0, 0.1) is 17.8 Å². The normalized spacial score (nSPS) is 17.9. The van der Waals surface area contributed by atoms with Gasteiger partial charge in [-0.2, -0.15) is 0 Å². The van der Waals surface area contributed by atoms with Gasteiger partial charge in [-0.05, 0) is 130 Å². The number of fused-ring (bicyclic) bond motifs is 3. The van der Waals surface area contributed by atoms with Gasteiger partial charge in [-0.1, -0.05) is 89.4 Å². The Balaban J connectivity index is 0.000000156. The predicted octanol–water partition coefficient (Wildman–Crippen LogP) is 10.6. The number of halogens is 3. The number of nitrogens with one attached hydrogen (secondary N) is 3. The van der Waals surface area contributed by atoms with Gasteiger partial charge >= 0.3 is 0 Å². The maximum Gasteiger partial charge on any atom is 0.255 e. The molecular weight excluding hydrogens is 1600 g/mol. The molecule has 0 spiro atoms. The molecule has 6 aromatic heterocycles. The summed E-state index contributed by atoms with van der Waals surface area (Å²) in [4.78, 5) is 124. The second-order valence-electron chi connectivity index (χ2n) is 30.2. The van der Waals surface area contributed by atoms with Crippen molar-refractivity contribution in [1.29, 1.82) is 0 Å². The van der Waals surface area contributed by atoms with Crippen molar-refractivity contribution < 1.29 is 72.5 Å². The minimum Gasteiger partial charge on any atom is -0.481 e. The summed E-state index contributed by atoms with van der Waals surface area (Å²) in [6.45, 7) is 8.59. The van der Waals surface area contributed by atoms with Crippen molar-refractivity contribution in [2.45, 2.75) is 115 Å². The number of benzene rings is 3. The highest BCUT2D eigenvalue weighted by atomic mass is 35.5. The van der Waals surface area contributed by atoms with Crippen molar-refractivity contribution in [3.05, 3.63) is 211 Å². The Hall–Kier alpha value is -10.8. The summed E-state index contributed by atoms with van der Waals surface area (Å²) in [7, 11) is 4.48. The van der Waals surface area contributed by atoms with E-state index in [1.165, 1.54) is 36.0 Å². The van der Waals surface area contributed by atoms with Gasteiger partial charge in [0.2, 0.25) is 35.4 Å². The van der Waals surface area contributed by atoms with Crippen molar-refractivity contribution in [2.24, 2.45) is 17.8 Å². The Kier molecular flexibility index (Phi) is 29.4. The molecule has 0 saturated carbocycles. The number of nitrogens with zero attached hydrogens (tertiary/aromatic N) is 12. The number of aliphatic hydroxyl groups excluding tert-OH is 3. The first-order chi connectivity index (χ1) is 58.1. The highest BCUT2D eigenvalue weighted by molar-refractivity contribution is 6.33. The van der Waals surface area contributed by atoms with Gasteiger partial charge in [0.25, 0.3) is 17.7 Å². The lowest BCUT2D eigenvalue weighted by molar-refractivity contribution is -0.124. The number of aromatic nitrogens is 9. The van der Waals surface area contributed by atoms with Crippen LogP contribution in [0.4, 0.5) is 0 Å². The van der Waals surface area contributed by atoms with Crippen LogP contribution in [0.2, 0.25) is 15.1 Å². The monoisotopic (exact) mass is 1700 g/mol. The molecule has 0 aliphatic carbocycles. The summed E-state index contributed by atoms with van der Waals surface area (Å²) in [6.07, 6.45) is 12.9. The van der Waals surface area contributed by atoms with E-state index in [9.17, 15) is 44.1 Å². The molecule has 6 amide bonds. The van der Waals surface area contributed by atoms with Crippen LogP contribution in [0.25, 0.3) is 33.8 Å². The smallest absolute Gasteiger partial charge is 0.255 e. The number of pyridine rings is 3. The fourth-order valence-corrected chi connectivity index (χ4v) is 16.3. The molecule has 33 heteroatoms. The summed E-state index contributed by atoms with van der Waals surface area (Å²) < 4.78 is 31.8. The van der Waals surface area contributed by atoms with E-state index >= 15 is 0 Å². The summed E-state index contributed by atoms with van der Waals surface area (Å²) in [6, 6.07) is 28.9. The van der Waals surface area contributed by atoms with E-state index in [2.05, 4.69) is 45.9 Å². The summed E-state index contributed by atoms with van der Waals surface area (Å²) in [5.74, 6) is 2.68. The molecule has 15 rings (SSSR count). The summed E-state index contributed by atoms with van der Waals surface area (Å²) in [5, 5.41) is 39.1. The average Bonchev–Trinajstić information content (AvgIpc) is 1.62. The number of carbonyl (C=O) groups is 6. The zero-order chi connectivity index (χ0) is 84.7. The second kappa shape index (κ2) is 40.5. The number of hydrogen-bond donors (Lipinski definition) is 6. The number of ether oxygens (including phenoxy) is 6. The van der Waals surface area contributed by atoms with Gasteiger partial charge in [-0.3, -0.25) is 28.8 Å². The van der Waals surface area contributed by atoms with Gasteiger partial charge in [0.05, 0.1) is 127 Å². The van der Waals surface area contributed by atoms with Crippen LogP contribution < -0.4 is 30.2 Å². The molecule has 6 aliphatic rings. The van der Waals surface area contributed by atoms with Crippen molar-refractivity contribution in [2.75, 3.05) is 100 Å². The maximum absolute atomic E-state index is 13.4. The number of rotatable bonds is 27. The Morgan fingerprint density at radius 3 is 0.933 bits per heavy atom. The third kappa shape index (κ3) is 20.8. The Labute approximate surface area is 709 Å². The number of hydrogen-bond acceptors (Lipinski definition) is 24. The number of amides is 6. The molecule has 120 heavy (non-hydrogen) atoms. The minimum atomic E-state index is -0.736. The molecule has 9 aromatic rings. The van der Waals surface area contributed by atoms with Crippen LogP contribution in [-0.2, 0) is 47.9 Å². The van der Waals surface area contributed by atoms with Crippen molar-refractivity contribution >= 4 is 70.2 Å². The molecule has 3 saturated heterocycles. The Morgan fingerprint density at radius 2 is 0.683 bits per heavy atom. The minimum absolute atomic E-state index is 0.173. The SMILES string of the molecule is COc1cccc([C@@H](CO)NC(=O)CN2C(=O)c3cc(-c4nc(CC5CCOCC5)ncc4Cl)ccc3C2C)n1.COc1cccc([C@@H](CO)NC(=O)CN2C(=O)c3cc(-c4nc(CC5CCOCC5)ncc4Cl)ccc3[C@@H]2C)n1.COc1cccc([C@@H](CO)NC(=O)CN2C(=O)c3cc(-c4nc(CC5CCOCC5)ncc4Cl)ccc3[C@H]2C)n1. The number of aliphatic hydroxyl groups is 3. The molecule has 6 aliphatic heterocycles. The maximum atomic E-state index is 13.4. The standard InChI is InChI=1S/3C29H32ClN5O5/c3*1-17-20-7-6-19(28-22(30)14-31-25(34-28)12-18-8-10-40-11-9-18)13-21(20)29(38)35(17)15-26(37)32-24(16-36)23-4-3-5-27(33-23)39-2/h3*3-7,13-14,17-18,24,36H,8-12,15-16H2,1-2H3,(H,32,37)/t17?,24-;17-,24+;17-,24-/m101/s1. The third-order valence-electron chi connectivity index (χ3n) is 22.5. The topological polar surface area (TPSA) is 380 Å². The number of carbonyl (C=O) groups excluding carboxylic acids is 6. The fourth-order valence-electron chi connectivity index (χ4n) is 15.7. The first-order valence-electron chi connectivity index (χ1n) is 40.0. The van der Waals surface area contributed by atoms with Gasteiger partial charge in [-0.15, -0.1) is 0 Å². The van der Waals surface area contributed by atoms with E-state index in [-0.39, 0.29) is 75.3 Å². The predicted molar refractivity (Wildman–Crippen MR) is 444 cm³/mol. The van der Waals surface area contributed by atoms with Crippen molar-refractivity contribution in [3.63, 3.8) is 0 Å². The van der Waals surface area contributed by atoms with E-state index in [0.29, 0.717) is 119 Å². The summed E-state index contributed by atoms with van der Waals surface area (Å²) in [5.41, 5.74) is 9.25. The van der Waals surface area contributed by atoms with Crippen LogP contribution in [0.5, 0.6) is 17.6 Å². The summed E-state index contributed by atoms with van der Waals surface area (Å²) >= 11 is 19.5. The van der Waals surface area contributed by atoms with E-state index in [1.807, 2.05) is 57.2 Å². The first-order valence-corrected chi connectivity index (χ1v) is 41.1. The molecule has 0 bridgehead atoms. The lowest BCUT2D eigenvalue weighted by Crippen LogP contribution is -2.41. The van der Waals surface area contributed by atoms with Crippen LogP contribution in [0.1, 0.15) is 178 Å². The quantitative estimate of drug-likeness (QED) is 0.0278. The molecule has 3 aromatic carbocycles. The zero-order valence-electron chi connectivity index (χ0n) is 67.4. The molecule has 12 heterocycles. The lowest BCUT2D eigenvalue weighted by atomic mass is 9.96. The van der Waals surface area contributed by atoms with Crippen LogP contribution >= 0.6 is 34.8 Å². The highest BCUT2D eigenvalue weighted by Gasteiger charge is 2.40. The zero-order valence-corrected chi connectivity index (χ0v) is 69.7. The average molecular weight is 1700 g/mol. The Morgan fingerprint density at radius 1 is 0.417 bits per heavy atom. The molecule has 6 atom stereocenters. The molecule has 1 unspecified atom stereocenters. The van der Waals surface area contributed by atoms with Crippen LogP contribution in [-0.4, -0.2) is 211 Å². The largest absolute Gasteiger partial charge is 0.481 e. The van der Waals surface area contributed by atoms with E-state index in [0.717, 1.165) is 131 Å². The number of methoxy groups -OCH3 is 3. The molecule has 3 fully saturated rings. The van der Waals surface area contributed by atoms with Gasteiger partial charge in [0.1, 0.15) is 37.1 Å². The molecule has 30 nitrogen and oxygen atoms in total. The molecule has 6 N–H and O–H groups in total. The van der Waals surface area contributed by atoms with Crippen LogP contribution in [0.3, 0.4) is 0 Å². The van der Waals surface area contributed by atoms with Crippen molar-refractivity contribution in [3.8, 4) is 51.4 Å². The van der Waals surface area contributed by atoms with Gasteiger partial charge in [-0.25, -0.2) is 44.9 Å². The van der Waals surface area contributed by atoms with Crippen LogP contribution in [0.15, 0.2) is 128 Å². The second-order valence-corrected chi connectivity index (χ2v) is 31.4. The molecule has 630 valence electrons. The van der Waals surface area contributed by atoms with E-state index < -0.39 is 35.8 Å². The van der Waals surface area contributed by atoms with E-state index in [1.54, 1.807) is 91.4 Å². The lowest BCUT2D eigenvalue weighted by Gasteiger charge is -2.23. The fraction of sp³-hybridized carbons (Fsp3) is 0.414. The highest BCUT2D eigenvalue weighted by Crippen LogP contribution is 2.41. The van der Waals surface area contributed by atoms with Crippen molar-refractivity contribution in [1.82, 2.24) is 75.5 Å². The van der Waals surface area contributed by atoms with Gasteiger partial charge in [0, 0.05) is 129 Å². The Bertz CT molecular complexity index is 4690. The van der Waals surface area contributed by atoms with E-state index in [4.69, 9.17) is 78.2 Å². The third-order valence-corrected chi connectivity index (χ3v) is 23.3.